The SMILES string of the molecule is COC(=O)CCN(CCCNC(C)=O)C(=O)c1ccc(C)cc1. The summed E-state index contributed by atoms with van der Waals surface area (Å²) >= 11 is 0. The molecule has 2 amide bonds. The minimum atomic E-state index is -0.353. The van der Waals surface area contributed by atoms with E-state index in [2.05, 4.69) is 10.1 Å². The maximum Gasteiger partial charge on any atom is 0.307 e. The molecule has 0 unspecified atom stereocenters. The molecule has 6 heteroatoms. The number of hydrogen-bond acceptors (Lipinski definition) is 4. The van der Waals surface area contributed by atoms with Crippen molar-refractivity contribution in [2.24, 2.45) is 0 Å². The Labute approximate surface area is 136 Å². The van der Waals surface area contributed by atoms with E-state index in [4.69, 9.17) is 0 Å². The number of hydrogen-bond donors (Lipinski definition) is 1. The van der Waals surface area contributed by atoms with Crippen LogP contribution in [0.15, 0.2) is 24.3 Å². The zero-order valence-corrected chi connectivity index (χ0v) is 13.9. The van der Waals surface area contributed by atoms with Crippen LogP contribution in [0.1, 0.15) is 35.7 Å². The summed E-state index contributed by atoms with van der Waals surface area (Å²) in [6, 6.07) is 7.30. The second-order valence-corrected chi connectivity index (χ2v) is 5.32. The van der Waals surface area contributed by atoms with Gasteiger partial charge in [0.1, 0.15) is 0 Å². The van der Waals surface area contributed by atoms with Gasteiger partial charge in [-0.15, -0.1) is 0 Å². The molecule has 0 aromatic heterocycles. The van der Waals surface area contributed by atoms with Crippen LogP contribution in [-0.4, -0.2) is 49.4 Å². The predicted molar refractivity (Wildman–Crippen MR) is 87.0 cm³/mol. The smallest absolute Gasteiger partial charge is 0.307 e. The van der Waals surface area contributed by atoms with E-state index in [9.17, 15) is 14.4 Å². The Morgan fingerprint density at radius 2 is 1.78 bits per heavy atom. The van der Waals surface area contributed by atoms with Crippen molar-refractivity contribution in [1.82, 2.24) is 10.2 Å². The van der Waals surface area contributed by atoms with E-state index in [1.165, 1.54) is 14.0 Å². The van der Waals surface area contributed by atoms with Crippen molar-refractivity contribution in [3.8, 4) is 0 Å². The average Bonchev–Trinajstić information content (AvgIpc) is 2.53. The van der Waals surface area contributed by atoms with Gasteiger partial charge in [-0.2, -0.15) is 0 Å². The lowest BCUT2D eigenvalue weighted by molar-refractivity contribution is -0.140. The lowest BCUT2D eigenvalue weighted by Gasteiger charge is -2.22. The molecule has 1 aromatic rings. The van der Waals surface area contributed by atoms with Crippen molar-refractivity contribution in [2.45, 2.75) is 26.7 Å². The van der Waals surface area contributed by atoms with Gasteiger partial charge in [0.2, 0.25) is 5.91 Å². The Kier molecular flexibility index (Phi) is 7.80. The Hall–Kier alpha value is -2.37. The molecule has 0 aliphatic heterocycles. The summed E-state index contributed by atoms with van der Waals surface area (Å²) in [5.74, 6) is -0.582. The molecule has 0 aliphatic rings. The maximum atomic E-state index is 12.6. The third-order valence-electron chi connectivity index (χ3n) is 3.38. The summed E-state index contributed by atoms with van der Waals surface area (Å²) in [4.78, 5) is 36.4. The molecule has 0 saturated carbocycles. The molecule has 1 rings (SSSR count). The van der Waals surface area contributed by atoms with Crippen molar-refractivity contribution in [1.29, 1.82) is 0 Å². The van der Waals surface area contributed by atoms with Crippen LogP contribution in [0.4, 0.5) is 0 Å². The number of nitrogens with zero attached hydrogens (tertiary/aromatic N) is 1. The number of aryl methyl sites for hydroxylation is 1. The van der Waals surface area contributed by atoms with Gasteiger partial charge in [-0.05, 0) is 25.5 Å². The Morgan fingerprint density at radius 1 is 1.13 bits per heavy atom. The summed E-state index contributed by atoms with van der Waals surface area (Å²) in [5.41, 5.74) is 1.66. The Balaban J connectivity index is 2.68. The summed E-state index contributed by atoms with van der Waals surface area (Å²) in [7, 11) is 1.32. The molecule has 0 aliphatic carbocycles. The molecule has 0 fully saturated rings. The van der Waals surface area contributed by atoms with E-state index in [0.717, 1.165) is 5.56 Å². The quantitative estimate of drug-likeness (QED) is 0.582. The van der Waals surface area contributed by atoms with Gasteiger partial charge in [0, 0.05) is 32.1 Å². The largest absolute Gasteiger partial charge is 0.469 e. The van der Waals surface area contributed by atoms with Gasteiger partial charge in [0.15, 0.2) is 0 Å². The maximum absolute atomic E-state index is 12.6. The first kappa shape index (κ1) is 18.7. The summed E-state index contributed by atoms with van der Waals surface area (Å²) in [6.07, 6.45) is 0.770. The third-order valence-corrected chi connectivity index (χ3v) is 3.38. The average molecular weight is 320 g/mol. The van der Waals surface area contributed by atoms with Crippen molar-refractivity contribution in [2.75, 3.05) is 26.7 Å². The van der Waals surface area contributed by atoms with Crippen LogP contribution in [0.5, 0.6) is 0 Å². The molecule has 1 aromatic carbocycles. The highest BCUT2D eigenvalue weighted by Crippen LogP contribution is 2.08. The fourth-order valence-electron chi connectivity index (χ4n) is 2.06. The van der Waals surface area contributed by atoms with Crippen molar-refractivity contribution in [3.05, 3.63) is 35.4 Å². The van der Waals surface area contributed by atoms with Crippen LogP contribution in [-0.2, 0) is 14.3 Å². The molecular weight excluding hydrogens is 296 g/mol. The van der Waals surface area contributed by atoms with Gasteiger partial charge in [0.25, 0.3) is 5.91 Å². The number of benzene rings is 1. The standard InChI is InChI=1S/C17H24N2O4/c1-13-5-7-15(8-6-13)17(22)19(12-9-16(21)23-3)11-4-10-18-14(2)20/h5-8H,4,9-12H2,1-3H3,(H,18,20). The Bertz CT molecular complexity index is 540. The van der Waals surface area contributed by atoms with Crippen LogP contribution >= 0.6 is 0 Å². The van der Waals surface area contributed by atoms with Gasteiger partial charge >= 0.3 is 5.97 Å². The number of methoxy groups -OCH3 is 1. The van der Waals surface area contributed by atoms with E-state index in [0.29, 0.717) is 31.6 Å². The number of carbonyl (C=O) groups is 3. The second-order valence-electron chi connectivity index (χ2n) is 5.32. The third kappa shape index (κ3) is 6.95. The van der Waals surface area contributed by atoms with Crippen molar-refractivity contribution in [3.63, 3.8) is 0 Å². The van der Waals surface area contributed by atoms with Gasteiger partial charge in [0.05, 0.1) is 13.5 Å². The highest BCUT2D eigenvalue weighted by molar-refractivity contribution is 5.94. The highest BCUT2D eigenvalue weighted by Gasteiger charge is 2.16. The minimum Gasteiger partial charge on any atom is -0.469 e. The van der Waals surface area contributed by atoms with Crippen LogP contribution in [0.2, 0.25) is 0 Å². The zero-order valence-electron chi connectivity index (χ0n) is 13.9. The van der Waals surface area contributed by atoms with E-state index in [1.54, 1.807) is 17.0 Å². The van der Waals surface area contributed by atoms with E-state index in [1.807, 2.05) is 19.1 Å². The zero-order chi connectivity index (χ0) is 17.2. The number of carbonyl (C=O) groups excluding carboxylic acids is 3. The molecule has 0 heterocycles. The summed E-state index contributed by atoms with van der Waals surface area (Å²) in [6.45, 7) is 4.65. The van der Waals surface area contributed by atoms with Gasteiger partial charge < -0.3 is 15.0 Å². The van der Waals surface area contributed by atoms with E-state index in [-0.39, 0.29) is 24.2 Å². The fourth-order valence-corrected chi connectivity index (χ4v) is 2.06. The number of esters is 1. The van der Waals surface area contributed by atoms with Gasteiger partial charge in [-0.25, -0.2) is 0 Å². The lowest BCUT2D eigenvalue weighted by Crippen LogP contribution is -2.35. The van der Waals surface area contributed by atoms with Gasteiger partial charge in [-0.3, -0.25) is 14.4 Å². The molecule has 6 nitrogen and oxygen atoms in total. The number of nitrogens with one attached hydrogen (secondary N) is 1. The summed E-state index contributed by atoms with van der Waals surface area (Å²) < 4.78 is 4.62. The first-order valence-electron chi connectivity index (χ1n) is 7.61. The first-order valence-corrected chi connectivity index (χ1v) is 7.61. The molecule has 0 bridgehead atoms. The number of amides is 2. The van der Waals surface area contributed by atoms with E-state index >= 15 is 0 Å². The summed E-state index contributed by atoms with van der Waals surface area (Å²) in [5, 5.41) is 2.69. The van der Waals surface area contributed by atoms with Crippen LogP contribution < -0.4 is 5.32 Å². The van der Waals surface area contributed by atoms with Crippen LogP contribution in [0.3, 0.4) is 0 Å². The predicted octanol–water partition coefficient (Wildman–Crippen LogP) is 1.53. The van der Waals surface area contributed by atoms with Crippen molar-refractivity contribution >= 4 is 17.8 Å². The molecule has 126 valence electrons. The Morgan fingerprint density at radius 3 is 2.35 bits per heavy atom. The second kappa shape index (κ2) is 9.61. The van der Waals surface area contributed by atoms with Crippen LogP contribution in [0.25, 0.3) is 0 Å². The normalized spacial score (nSPS) is 10.0. The topological polar surface area (TPSA) is 75.7 Å². The first-order chi connectivity index (χ1) is 10.9. The van der Waals surface area contributed by atoms with E-state index < -0.39 is 0 Å². The molecular formula is C17H24N2O4. The number of ether oxygens (including phenoxy) is 1. The number of rotatable bonds is 8. The van der Waals surface area contributed by atoms with Crippen molar-refractivity contribution < 1.29 is 19.1 Å². The molecule has 0 radical (unpaired) electrons. The molecule has 23 heavy (non-hydrogen) atoms. The minimum absolute atomic E-state index is 0.101. The highest BCUT2D eigenvalue weighted by atomic mass is 16.5. The molecule has 0 saturated heterocycles. The molecule has 0 atom stereocenters. The van der Waals surface area contributed by atoms with Crippen LogP contribution in [0, 0.1) is 6.92 Å². The fraction of sp³-hybridized carbons (Fsp3) is 0.471. The lowest BCUT2D eigenvalue weighted by atomic mass is 10.1. The van der Waals surface area contributed by atoms with Gasteiger partial charge in [-0.1, -0.05) is 17.7 Å². The monoisotopic (exact) mass is 320 g/mol. The molecule has 1 N–H and O–H groups in total. The molecule has 0 spiro atoms.